The fourth-order valence-electron chi connectivity index (χ4n) is 1.45. The number of hydrogen-bond acceptors (Lipinski definition) is 5. The van der Waals surface area contributed by atoms with E-state index in [0.29, 0.717) is 6.20 Å². The number of alkyl halides is 3. The topological polar surface area (TPSA) is 88.5 Å². The van der Waals surface area contributed by atoms with Gasteiger partial charge in [-0.3, -0.25) is 4.79 Å². The lowest BCUT2D eigenvalue weighted by molar-refractivity contribution is -0.143. The summed E-state index contributed by atoms with van der Waals surface area (Å²) in [6, 6.07) is 0.776. The Bertz CT molecular complexity index is 578. The third-order valence-electron chi connectivity index (χ3n) is 2.57. The molecule has 0 aliphatic carbocycles. The Labute approximate surface area is 140 Å². The average molecular weight is 364 g/mol. The van der Waals surface area contributed by atoms with Gasteiger partial charge in [-0.15, -0.1) is 6.58 Å². The number of nitrogens with one attached hydrogen (secondary N) is 1. The Morgan fingerprint density at radius 1 is 1.46 bits per heavy atom. The molecule has 0 spiro atoms. The summed E-state index contributed by atoms with van der Waals surface area (Å²) in [5.41, 5.74) is -0.887. The number of carbonyl (C=O) groups excluding carboxylic acids is 1. The lowest BCUT2D eigenvalue weighted by atomic mass is 10.3. The fourth-order valence-corrected chi connectivity index (χ4v) is 2.11. The van der Waals surface area contributed by atoms with Crippen LogP contribution in [-0.4, -0.2) is 47.0 Å². The Morgan fingerprint density at radius 2 is 2.17 bits per heavy atom. The van der Waals surface area contributed by atoms with Crippen LogP contribution in [-0.2, 0) is 20.5 Å². The van der Waals surface area contributed by atoms with Crippen molar-refractivity contribution in [3.8, 4) is 0 Å². The number of carbonyl (C=O) groups is 2. The van der Waals surface area contributed by atoms with E-state index in [-0.39, 0.29) is 24.0 Å². The molecule has 0 aliphatic heterocycles. The van der Waals surface area contributed by atoms with Crippen molar-refractivity contribution in [2.24, 2.45) is 0 Å². The molecule has 1 unspecified atom stereocenters. The lowest BCUT2D eigenvalue weighted by Gasteiger charge is -2.14. The van der Waals surface area contributed by atoms with Crippen LogP contribution in [0.25, 0.3) is 0 Å². The van der Waals surface area contributed by atoms with E-state index >= 15 is 0 Å². The van der Waals surface area contributed by atoms with E-state index in [1.807, 2.05) is 0 Å². The van der Waals surface area contributed by atoms with Crippen molar-refractivity contribution >= 4 is 23.6 Å². The predicted molar refractivity (Wildman–Crippen MR) is 80.5 cm³/mol. The second kappa shape index (κ2) is 9.28. The van der Waals surface area contributed by atoms with Crippen LogP contribution >= 0.6 is 11.8 Å². The van der Waals surface area contributed by atoms with E-state index < -0.39 is 29.7 Å². The highest BCUT2D eigenvalue weighted by Crippen LogP contribution is 2.29. The van der Waals surface area contributed by atoms with E-state index in [9.17, 15) is 22.8 Å². The van der Waals surface area contributed by atoms with Gasteiger partial charge in [0.05, 0.1) is 29.6 Å². The highest BCUT2D eigenvalue weighted by molar-refractivity contribution is 7.99. The third-order valence-corrected chi connectivity index (χ3v) is 3.51. The Morgan fingerprint density at radius 3 is 2.67 bits per heavy atom. The number of pyridine rings is 1. The summed E-state index contributed by atoms with van der Waals surface area (Å²) in [5, 5.41) is 11.4. The van der Waals surface area contributed by atoms with E-state index in [4.69, 9.17) is 9.84 Å². The van der Waals surface area contributed by atoms with Crippen LogP contribution in [0, 0.1) is 0 Å². The number of nitrogens with zero attached hydrogens (tertiary/aromatic N) is 1. The molecular weight excluding hydrogens is 349 g/mol. The molecule has 1 aromatic rings. The molecule has 1 rings (SSSR count). The molecule has 2 N–H and O–H groups in total. The average Bonchev–Trinajstić information content (AvgIpc) is 2.51. The number of carboxylic acid groups (broad SMARTS) is 1. The number of carboxylic acids is 1. The summed E-state index contributed by atoms with van der Waals surface area (Å²) in [4.78, 5) is 26.3. The lowest BCUT2D eigenvalue weighted by Crippen LogP contribution is -2.44. The number of aromatic nitrogens is 1. The quantitative estimate of drug-likeness (QED) is 0.396. The summed E-state index contributed by atoms with van der Waals surface area (Å²) in [6.45, 7) is 3.32. The molecule has 24 heavy (non-hydrogen) atoms. The smallest absolute Gasteiger partial charge is 0.417 e. The minimum absolute atomic E-state index is 0.143. The predicted octanol–water partition coefficient (Wildman–Crippen LogP) is 1.96. The van der Waals surface area contributed by atoms with E-state index in [1.54, 1.807) is 0 Å². The van der Waals surface area contributed by atoms with Gasteiger partial charge >= 0.3 is 12.1 Å². The van der Waals surface area contributed by atoms with Gasteiger partial charge in [0, 0.05) is 6.20 Å². The highest BCUT2D eigenvalue weighted by Gasteiger charge is 2.30. The molecule has 0 aliphatic rings. The van der Waals surface area contributed by atoms with Gasteiger partial charge in [0.1, 0.15) is 0 Å². The Balaban J connectivity index is 2.49. The van der Waals surface area contributed by atoms with Crippen molar-refractivity contribution in [3.05, 3.63) is 36.5 Å². The third kappa shape index (κ3) is 7.01. The van der Waals surface area contributed by atoms with Gasteiger partial charge in [-0.25, -0.2) is 9.78 Å². The molecule has 10 heteroatoms. The molecule has 6 nitrogen and oxygen atoms in total. The second-order valence-corrected chi connectivity index (χ2v) is 5.45. The first-order valence-electron chi connectivity index (χ1n) is 6.61. The summed E-state index contributed by atoms with van der Waals surface area (Å²) in [7, 11) is 0. The Hall–Kier alpha value is -2.07. The molecule has 0 fully saturated rings. The zero-order chi connectivity index (χ0) is 18.2. The van der Waals surface area contributed by atoms with Gasteiger partial charge < -0.3 is 15.2 Å². The summed E-state index contributed by atoms with van der Waals surface area (Å²) in [5.74, 6) is -2.05. The SMILES string of the molecule is C=CCOCC(NC(=O)CSc1ccc(C(F)(F)F)cn1)C(=O)O. The van der Waals surface area contributed by atoms with Gasteiger partial charge in [-0.1, -0.05) is 17.8 Å². The summed E-state index contributed by atoms with van der Waals surface area (Å²) in [6.07, 6.45) is -2.37. The van der Waals surface area contributed by atoms with Gasteiger partial charge in [0.25, 0.3) is 0 Å². The molecule has 0 saturated carbocycles. The highest BCUT2D eigenvalue weighted by atomic mass is 32.2. The van der Waals surface area contributed by atoms with Gasteiger partial charge in [-0.05, 0) is 12.1 Å². The van der Waals surface area contributed by atoms with Gasteiger partial charge in [-0.2, -0.15) is 13.2 Å². The molecule has 1 aromatic heterocycles. The molecule has 132 valence electrons. The molecule has 1 heterocycles. The largest absolute Gasteiger partial charge is 0.480 e. The van der Waals surface area contributed by atoms with Crippen LogP contribution in [0.15, 0.2) is 36.0 Å². The van der Waals surface area contributed by atoms with Crippen LogP contribution in [0.3, 0.4) is 0 Å². The van der Waals surface area contributed by atoms with Crippen molar-refractivity contribution in [2.75, 3.05) is 19.0 Å². The number of ether oxygens (including phenoxy) is 1. The van der Waals surface area contributed by atoms with Crippen molar-refractivity contribution in [2.45, 2.75) is 17.2 Å². The van der Waals surface area contributed by atoms with Crippen LogP contribution < -0.4 is 5.32 Å². The van der Waals surface area contributed by atoms with Crippen molar-refractivity contribution in [1.82, 2.24) is 10.3 Å². The number of rotatable bonds is 9. The number of amides is 1. The summed E-state index contributed by atoms with van der Waals surface area (Å²) < 4.78 is 42.2. The maximum atomic E-state index is 12.4. The first kappa shape index (κ1) is 20.0. The number of hydrogen-bond donors (Lipinski definition) is 2. The molecule has 0 saturated heterocycles. The molecule has 0 aromatic carbocycles. The minimum Gasteiger partial charge on any atom is -0.480 e. The molecular formula is C14H15F3N2O4S. The maximum Gasteiger partial charge on any atom is 0.417 e. The Kier molecular flexibility index (Phi) is 7.72. The summed E-state index contributed by atoms with van der Waals surface area (Å²) >= 11 is 0.889. The number of aliphatic carboxylic acids is 1. The molecule has 0 radical (unpaired) electrons. The minimum atomic E-state index is -4.48. The molecule has 1 amide bonds. The van der Waals surface area contributed by atoms with E-state index in [0.717, 1.165) is 23.9 Å². The zero-order valence-corrected chi connectivity index (χ0v) is 13.2. The monoisotopic (exact) mass is 364 g/mol. The van der Waals surface area contributed by atoms with Crippen molar-refractivity contribution in [1.29, 1.82) is 0 Å². The van der Waals surface area contributed by atoms with Crippen molar-refractivity contribution in [3.63, 3.8) is 0 Å². The second-order valence-electron chi connectivity index (χ2n) is 4.46. The van der Waals surface area contributed by atoms with E-state index in [1.165, 1.54) is 6.08 Å². The molecule has 0 bridgehead atoms. The van der Waals surface area contributed by atoms with Crippen LogP contribution in [0.1, 0.15) is 5.56 Å². The normalized spacial score (nSPS) is 12.5. The zero-order valence-electron chi connectivity index (χ0n) is 12.4. The van der Waals surface area contributed by atoms with Crippen LogP contribution in [0.2, 0.25) is 0 Å². The first-order chi connectivity index (χ1) is 11.2. The van der Waals surface area contributed by atoms with E-state index in [2.05, 4.69) is 16.9 Å². The van der Waals surface area contributed by atoms with Crippen LogP contribution in [0.5, 0.6) is 0 Å². The standard InChI is InChI=1S/C14H15F3N2O4S/c1-2-5-23-7-10(13(21)22)19-11(20)8-24-12-4-3-9(6-18-12)14(15,16)17/h2-4,6,10H,1,5,7-8H2,(H,19,20)(H,21,22). The molecule has 1 atom stereocenters. The van der Waals surface area contributed by atoms with Crippen molar-refractivity contribution < 1.29 is 32.6 Å². The fraction of sp³-hybridized carbons (Fsp3) is 0.357. The number of halogens is 3. The first-order valence-corrected chi connectivity index (χ1v) is 7.59. The van der Waals surface area contributed by atoms with Crippen LogP contribution in [0.4, 0.5) is 13.2 Å². The van der Waals surface area contributed by atoms with Gasteiger partial charge in [0.2, 0.25) is 5.91 Å². The van der Waals surface area contributed by atoms with Gasteiger partial charge in [0.15, 0.2) is 6.04 Å². The number of thioether (sulfide) groups is 1. The maximum absolute atomic E-state index is 12.4.